The largest absolute Gasteiger partial charge is 0.461 e. The van der Waals surface area contributed by atoms with Crippen LogP contribution in [0.15, 0.2) is 24.3 Å². The van der Waals surface area contributed by atoms with E-state index in [-0.39, 0.29) is 11.7 Å². The van der Waals surface area contributed by atoms with Crippen LogP contribution >= 0.6 is 11.3 Å². The quantitative estimate of drug-likeness (QED) is 0.490. The second-order valence-electron chi connectivity index (χ2n) is 5.16. The number of esters is 1. The number of rotatable bonds is 4. The second-order valence-corrected chi connectivity index (χ2v) is 6.25. The lowest BCUT2D eigenvalue weighted by Crippen LogP contribution is -2.06. The van der Waals surface area contributed by atoms with Crippen molar-refractivity contribution in [2.24, 2.45) is 11.8 Å². The first kappa shape index (κ1) is 13.1. The summed E-state index contributed by atoms with van der Waals surface area (Å²) in [6.07, 6.45) is 1.12. The van der Waals surface area contributed by atoms with Gasteiger partial charge in [-0.25, -0.2) is 4.79 Å². The van der Waals surface area contributed by atoms with Crippen LogP contribution in [-0.4, -0.2) is 17.5 Å². The van der Waals surface area contributed by atoms with E-state index in [0.29, 0.717) is 28.7 Å². The average molecular weight is 291 g/mol. The van der Waals surface area contributed by atoms with Gasteiger partial charge in [-0.1, -0.05) is 6.92 Å². The lowest BCUT2D eigenvalue weighted by molar-refractivity contribution is -0.384. The Morgan fingerprint density at radius 2 is 2.25 bits per heavy atom. The van der Waals surface area contributed by atoms with E-state index >= 15 is 0 Å². The maximum absolute atomic E-state index is 11.9. The van der Waals surface area contributed by atoms with Gasteiger partial charge in [0, 0.05) is 22.2 Å². The van der Waals surface area contributed by atoms with Crippen LogP contribution < -0.4 is 0 Å². The van der Waals surface area contributed by atoms with Crippen LogP contribution in [0.2, 0.25) is 0 Å². The molecular weight excluding hydrogens is 278 g/mol. The fourth-order valence-corrected chi connectivity index (χ4v) is 3.07. The van der Waals surface area contributed by atoms with Gasteiger partial charge in [0.1, 0.15) is 4.88 Å². The fraction of sp³-hybridized carbons (Fsp3) is 0.357. The number of ether oxygens (including phenoxy) is 1. The third-order valence-electron chi connectivity index (χ3n) is 3.62. The molecule has 1 fully saturated rings. The van der Waals surface area contributed by atoms with Crippen LogP contribution in [-0.2, 0) is 4.74 Å². The molecule has 2 aromatic rings. The first-order valence-corrected chi connectivity index (χ1v) is 7.21. The third-order valence-corrected chi connectivity index (χ3v) is 4.71. The van der Waals surface area contributed by atoms with Crippen molar-refractivity contribution in [3.63, 3.8) is 0 Å². The smallest absolute Gasteiger partial charge is 0.348 e. The highest BCUT2D eigenvalue weighted by Crippen LogP contribution is 2.38. The van der Waals surface area contributed by atoms with E-state index in [0.717, 1.165) is 11.1 Å². The van der Waals surface area contributed by atoms with E-state index in [4.69, 9.17) is 4.74 Å². The van der Waals surface area contributed by atoms with Gasteiger partial charge in [0.25, 0.3) is 5.69 Å². The Morgan fingerprint density at radius 3 is 2.90 bits per heavy atom. The summed E-state index contributed by atoms with van der Waals surface area (Å²) < 4.78 is 6.12. The first-order valence-electron chi connectivity index (χ1n) is 6.39. The number of nitro benzene ring substituents is 1. The Labute approximate surface area is 119 Å². The topological polar surface area (TPSA) is 69.4 Å². The van der Waals surface area contributed by atoms with Crippen molar-refractivity contribution in [2.75, 3.05) is 6.61 Å². The molecular formula is C14H13NO4S. The van der Waals surface area contributed by atoms with E-state index in [1.165, 1.54) is 23.5 Å². The number of thiophene rings is 1. The summed E-state index contributed by atoms with van der Waals surface area (Å²) in [4.78, 5) is 22.7. The van der Waals surface area contributed by atoms with Gasteiger partial charge >= 0.3 is 5.97 Å². The Balaban J connectivity index is 1.77. The van der Waals surface area contributed by atoms with Gasteiger partial charge in [0.15, 0.2) is 0 Å². The molecule has 3 rings (SSSR count). The second kappa shape index (κ2) is 4.86. The molecule has 1 aromatic carbocycles. The van der Waals surface area contributed by atoms with Gasteiger partial charge in [0.2, 0.25) is 0 Å². The Kier molecular flexibility index (Phi) is 3.17. The number of carbonyl (C=O) groups is 1. The molecule has 2 atom stereocenters. The van der Waals surface area contributed by atoms with Crippen molar-refractivity contribution < 1.29 is 14.5 Å². The lowest BCUT2D eigenvalue weighted by atomic mass is 10.2. The summed E-state index contributed by atoms with van der Waals surface area (Å²) in [5, 5.41) is 11.4. The Hall–Kier alpha value is -1.95. The zero-order valence-corrected chi connectivity index (χ0v) is 11.7. The van der Waals surface area contributed by atoms with Crippen molar-refractivity contribution in [1.29, 1.82) is 0 Å². The molecule has 1 saturated carbocycles. The Bertz CT molecular complexity index is 694. The number of nitrogens with zero attached hydrogens (tertiary/aromatic N) is 1. The molecule has 1 aromatic heterocycles. The van der Waals surface area contributed by atoms with Crippen LogP contribution in [0.4, 0.5) is 5.69 Å². The molecule has 1 aliphatic rings. The van der Waals surface area contributed by atoms with Gasteiger partial charge in [-0.15, -0.1) is 11.3 Å². The van der Waals surface area contributed by atoms with Crippen LogP contribution in [0.25, 0.3) is 10.1 Å². The minimum absolute atomic E-state index is 0.0297. The minimum Gasteiger partial charge on any atom is -0.461 e. The molecule has 0 N–H and O–H groups in total. The molecule has 0 radical (unpaired) electrons. The van der Waals surface area contributed by atoms with Gasteiger partial charge < -0.3 is 4.74 Å². The summed E-state index contributed by atoms with van der Waals surface area (Å²) in [7, 11) is 0. The van der Waals surface area contributed by atoms with E-state index in [1.54, 1.807) is 12.1 Å². The lowest BCUT2D eigenvalue weighted by Gasteiger charge is -2.00. The first-order chi connectivity index (χ1) is 9.54. The van der Waals surface area contributed by atoms with Crippen LogP contribution in [0.5, 0.6) is 0 Å². The van der Waals surface area contributed by atoms with Crippen molar-refractivity contribution in [1.82, 2.24) is 0 Å². The van der Waals surface area contributed by atoms with Gasteiger partial charge in [-0.3, -0.25) is 10.1 Å². The average Bonchev–Trinajstić information content (AvgIpc) is 2.97. The normalized spacial score (nSPS) is 20.9. The molecule has 2 unspecified atom stereocenters. The number of hydrogen-bond acceptors (Lipinski definition) is 5. The van der Waals surface area contributed by atoms with Crippen molar-refractivity contribution in [3.05, 3.63) is 39.3 Å². The highest BCUT2D eigenvalue weighted by atomic mass is 32.1. The fourth-order valence-electron chi connectivity index (χ4n) is 2.13. The molecule has 0 aliphatic heterocycles. The molecule has 0 spiro atoms. The zero-order valence-electron chi connectivity index (χ0n) is 10.9. The molecule has 1 aliphatic carbocycles. The summed E-state index contributed by atoms with van der Waals surface area (Å²) in [6, 6.07) is 6.24. The molecule has 0 saturated heterocycles. The number of non-ortho nitro benzene ring substituents is 1. The zero-order chi connectivity index (χ0) is 14.3. The summed E-state index contributed by atoms with van der Waals surface area (Å²) in [5.74, 6) is 0.801. The van der Waals surface area contributed by atoms with Crippen molar-refractivity contribution >= 4 is 33.1 Å². The van der Waals surface area contributed by atoms with E-state index < -0.39 is 4.92 Å². The molecule has 1 heterocycles. The molecule has 6 heteroatoms. The van der Waals surface area contributed by atoms with E-state index in [1.807, 2.05) is 0 Å². The molecule has 20 heavy (non-hydrogen) atoms. The van der Waals surface area contributed by atoms with Crippen molar-refractivity contribution in [3.8, 4) is 0 Å². The predicted octanol–water partition coefficient (Wildman–Crippen LogP) is 3.62. The van der Waals surface area contributed by atoms with E-state index in [2.05, 4.69) is 6.92 Å². The van der Waals surface area contributed by atoms with Crippen LogP contribution in [0.1, 0.15) is 23.0 Å². The van der Waals surface area contributed by atoms with Gasteiger partial charge in [-0.05, 0) is 30.4 Å². The predicted molar refractivity (Wildman–Crippen MR) is 76.0 cm³/mol. The van der Waals surface area contributed by atoms with Gasteiger partial charge in [0.05, 0.1) is 11.5 Å². The number of fused-ring (bicyclic) bond motifs is 1. The highest BCUT2D eigenvalue weighted by Gasteiger charge is 2.33. The molecule has 0 amide bonds. The molecule has 0 bridgehead atoms. The SMILES string of the molecule is CC1CC1COC(=O)c1cc2cc([N+](=O)[O-])ccc2s1. The minimum atomic E-state index is -0.441. The highest BCUT2D eigenvalue weighted by molar-refractivity contribution is 7.20. The van der Waals surface area contributed by atoms with Crippen molar-refractivity contribution in [2.45, 2.75) is 13.3 Å². The standard InChI is InChI=1S/C14H13NO4S/c1-8-4-10(8)7-19-14(16)13-6-9-5-11(15(17)18)2-3-12(9)20-13/h2-3,5-6,8,10H,4,7H2,1H3. The summed E-state index contributed by atoms with van der Waals surface area (Å²) in [5.41, 5.74) is 0.0297. The van der Waals surface area contributed by atoms with Crippen LogP contribution in [0.3, 0.4) is 0 Å². The molecule has 5 nitrogen and oxygen atoms in total. The number of carbonyl (C=O) groups excluding carboxylic acids is 1. The maximum Gasteiger partial charge on any atom is 0.348 e. The number of nitro groups is 1. The molecule has 104 valence electrons. The van der Waals surface area contributed by atoms with Gasteiger partial charge in [-0.2, -0.15) is 0 Å². The third kappa shape index (κ3) is 2.51. The van der Waals surface area contributed by atoms with E-state index in [9.17, 15) is 14.9 Å². The number of benzene rings is 1. The maximum atomic E-state index is 11.9. The summed E-state index contributed by atoms with van der Waals surface area (Å²) >= 11 is 1.30. The summed E-state index contributed by atoms with van der Waals surface area (Å²) in [6.45, 7) is 2.60. The monoisotopic (exact) mass is 291 g/mol. The Morgan fingerprint density at radius 1 is 1.50 bits per heavy atom. The number of hydrogen-bond donors (Lipinski definition) is 0. The van der Waals surface area contributed by atoms with Crippen LogP contribution in [0, 0.1) is 22.0 Å².